The summed E-state index contributed by atoms with van der Waals surface area (Å²) in [5.41, 5.74) is 6.08. The van der Waals surface area contributed by atoms with Gasteiger partial charge in [0, 0.05) is 36.1 Å². The molecule has 1 atom stereocenters. The highest BCUT2D eigenvalue weighted by Gasteiger charge is 2.21. The second-order valence-electron chi connectivity index (χ2n) is 8.41. The number of rotatable bonds is 6. The van der Waals surface area contributed by atoms with Gasteiger partial charge < -0.3 is 19.3 Å². The number of fused-ring (bicyclic) bond motifs is 2. The molecule has 7 heteroatoms. The Kier molecular flexibility index (Phi) is 5.09. The zero-order valence-corrected chi connectivity index (χ0v) is 18.7. The molecule has 0 fully saturated rings. The van der Waals surface area contributed by atoms with E-state index < -0.39 is 6.04 Å². The SMILES string of the molecule is CC(=O)[C@H](Cc1c[nH]c2ccc(C)cc12)NC(=O)c1ccc2c(c1)nc(-c1ccoc1)n2C. The third kappa shape index (κ3) is 3.82. The molecule has 5 aromatic rings. The number of ketones is 1. The quantitative estimate of drug-likeness (QED) is 0.405. The molecule has 3 aromatic heterocycles. The zero-order chi connectivity index (χ0) is 23.1. The van der Waals surface area contributed by atoms with Gasteiger partial charge in [-0.05, 0) is 55.8 Å². The first-order valence-electron chi connectivity index (χ1n) is 10.8. The third-order valence-corrected chi connectivity index (χ3v) is 6.07. The molecule has 3 heterocycles. The largest absolute Gasteiger partial charge is 0.472 e. The minimum atomic E-state index is -0.627. The molecule has 0 aliphatic heterocycles. The molecule has 2 N–H and O–H groups in total. The van der Waals surface area contributed by atoms with E-state index in [0.29, 0.717) is 17.5 Å². The van der Waals surface area contributed by atoms with Gasteiger partial charge in [-0.2, -0.15) is 0 Å². The Morgan fingerprint density at radius 3 is 2.79 bits per heavy atom. The van der Waals surface area contributed by atoms with Crippen LogP contribution in [0.4, 0.5) is 0 Å². The molecule has 0 saturated heterocycles. The predicted octanol–water partition coefficient (Wildman–Crippen LogP) is 4.55. The van der Waals surface area contributed by atoms with E-state index in [1.54, 1.807) is 24.7 Å². The minimum absolute atomic E-state index is 0.0912. The van der Waals surface area contributed by atoms with Gasteiger partial charge in [0.15, 0.2) is 5.78 Å². The summed E-state index contributed by atoms with van der Waals surface area (Å²) in [6, 6.07) is 12.7. The van der Waals surface area contributed by atoms with Gasteiger partial charge in [-0.15, -0.1) is 0 Å². The van der Waals surface area contributed by atoms with Crippen molar-refractivity contribution in [3.8, 4) is 11.4 Å². The lowest BCUT2D eigenvalue weighted by Crippen LogP contribution is -2.41. The average Bonchev–Trinajstić information content (AvgIpc) is 3.52. The van der Waals surface area contributed by atoms with Crippen LogP contribution in [0.2, 0.25) is 0 Å². The summed E-state index contributed by atoms with van der Waals surface area (Å²) in [6.07, 6.45) is 5.56. The van der Waals surface area contributed by atoms with Crippen LogP contribution in [0.1, 0.15) is 28.4 Å². The molecule has 0 aliphatic rings. The monoisotopic (exact) mass is 440 g/mol. The number of imidazole rings is 1. The van der Waals surface area contributed by atoms with Crippen molar-refractivity contribution in [2.75, 3.05) is 0 Å². The predicted molar refractivity (Wildman–Crippen MR) is 127 cm³/mol. The average molecular weight is 441 g/mol. The fourth-order valence-electron chi connectivity index (χ4n) is 4.21. The Labute approximate surface area is 190 Å². The Morgan fingerprint density at radius 2 is 2.03 bits per heavy atom. The van der Waals surface area contributed by atoms with Crippen LogP contribution in [0.3, 0.4) is 0 Å². The van der Waals surface area contributed by atoms with Crippen LogP contribution in [0.5, 0.6) is 0 Å². The summed E-state index contributed by atoms with van der Waals surface area (Å²) in [5.74, 6) is 0.364. The number of aromatic amines is 1. The molecule has 2 aromatic carbocycles. The van der Waals surface area contributed by atoms with Gasteiger partial charge in [-0.1, -0.05) is 11.6 Å². The minimum Gasteiger partial charge on any atom is -0.472 e. The number of aryl methyl sites for hydroxylation is 2. The van der Waals surface area contributed by atoms with E-state index in [9.17, 15) is 9.59 Å². The van der Waals surface area contributed by atoms with E-state index in [1.807, 2.05) is 49.0 Å². The number of hydrogen-bond acceptors (Lipinski definition) is 4. The Morgan fingerprint density at radius 1 is 1.18 bits per heavy atom. The smallest absolute Gasteiger partial charge is 0.251 e. The highest BCUT2D eigenvalue weighted by atomic mass is 16.3. The van der Waals surface area contributed by atoms with Gasteiger partial charge >= 0.3 is 0 Å². The summed E-state index contributed by atoms with van der Waals surface area (Å²) < 4.78 is 7.13. The first kappa shape index (κ1) is 20.8. The van der Waals surface area contributed by atoms with Crippen molar-refractivity contribution in [3.05, 3.63) is 77.9 Å². The highest BCUT2D eigenvalue weighted by molar-refractivity contribution is 6.00. The summed E-state index contributed by atoms with van der Waals surface area (Å²) >= 11 is 0. The molecule has 33 heavy (non-hydrogen) atoms. The van der Waals surface area contributed by atoms with E-state index in [2.05, 4.69) is 21.4 Å². The van der Waals surface area contributed by atoms with Crippen LogP contribution in [0, 0.1) is 6.92 Å². The molecule has 0 aliphatic carbocycles. The lowest BCUT2D eigenvalue weighted by molar-refractivity contribution is -0.118. The van der Waals surface area contributed by atoms with Gasteiger partial charge in [0.2, 0.25) is 0 Å². The lowest BCUT2D eigenvalue weighted by atomic mass is 10.0. The summed E-state index contributed by atoms with van der Waals surface area (Å²) in [4.78, 5) is 33.3. The topological polar surface area (TPSA) is 92.9 Å². The normalized spacial score (nSPS) is 12.3. The second kappa shape index (κ2) is 8.09. The maximum Gasteiger partial charge on any atom is 0.251 e. The molecule has 166 valence electrons. The van der Waals surface area contributed by atoms with Crippen molar-refractivity contribution in [1.29, 1.82) is 0 Å². The standard InChI is InChI=1S/C26H24N4O3/c1-15-4-6-21-20(10-15)19(13-27-21)12-22(16(2)31)29-26(32)17-5-7-24-23(11-17)28-25(30(24)3)18-8-9-33-14-18/h4-11,13-14,22,27H,12H2,1-3H3,(H,29,32)/t22-/m0/s1. The number of benzene rings is 2. The first-order chi connectivity index (χ1) is 15.9. The van der Waals surface area contributed by atoms with Crippen LogP contribution in [-0.2, 0) is 18.3 Å². The number of Topliss-reactive ketones (excluding diaryl/α,β-unsaturated/α-hetero) is 1. The van der Waals surface area contributed by atoms with Gasteiger partial charge in [0.1, 0.15) is 12.1 Å². The Bertz CT molecular complexity index is 1490. The Balaban J connectivity index is 1.40. The van der Waals surface area contributed by atoms with Crippen molar-refractivity contribution in [2.24, 2.45) is 7.05 Å². The maximum absolute atomic E-state index is 13.0. The van der Waals surface area contributed by atoms with E-state index >= 15 is 0 Å². The number of furan rings is 1. The van der Waals surface area contributed by atoms with Crippen LogP contribution in [0.15, 0.2) is 65.6 Å². The van der Waals surface area contributed by atoms with Crippen molar-refractivity contribution < 1.29 is 14.0 Å². The highest BCUT2D eigenvalue weighted by Crippen LogP contribution is 2.25. The van der Waals surface area contributed by atoms with Crippen LogP contribution in [-0.4, -0.2) is 32.3 Å². The molecule has 5 rings (SSSR count). The van der Waals surface area contributed by atoms with Gasteiger partial charge in [0.25, 0.3) is 5.91 Å². The summed E-state index contributed by atoms with van der Waals surface area (Å²) in [7, 11) is 1.92. The summed E-state index contributed by atoms with van der Waals surface area (Å²) in [5, 5.41) is 3.98. The van der Waals surface area contributed by atoms with E-state index in [4.69, 9.17) is 4.42 Å². The lowest BCUT2D eigenvalue weighted by Gasteiger charge is -2.16. The molecular weight excluding hydrogens is 416 g/mol. The molecule has 7 nitrogen and oxygen atoms in total. The number of aromatic nitrogens is 3. The number of hydrogen-bond donors (Lipinski definition) is 2. The second-order valence-corrected chi connectivity index (χ2v) is 8.41. The maximum atomic E-state index is 13.0. The molecule has 0 unspecified atom stereocenters. The molecule has 1 amide bonds. The van der Waals surface area contributed by atoms with Crippen LogP contribution < -0.4 is 5.32 Å². The number of nitrogens with zero attached hydrogens (tertiary/aromatic N) is 2. The fourth-order valence-corrected chi connectivity index (χ4v) is 4.21. The van der Waals surface area contributed by atoms with Crippen molar-refractivity contribution >= 4 is 33.6 Å². The van der Waals surface area contributed by atoms with Gasteiger partial charge in [-0.25, -0.2) is 4.98 Å². The Hall–Kier alpha value is -4.13. The van der Waals surface area contributed by atoms with Crippen LogP contribution in [0.25, 0.3) is 33.3 Å². The number of amides is 1. The number of carbonyl (C=O) groups is 2. The number of carbonyl (C=O) groups excluding carboxylic acids is 2. The number of H-pyrrole nitrogens is 1. The molecule has 0 spiro atoms. The third-order valence-electron chi connectivity index (χ3n) is 6.07. The molecule has 0 saturated carbocycles. The van der Waals surface area contributed by atoms with Gasteiger partial charge in [-0.3, -0.25) is 9.59 Å². The van der Waals surface area contributed by atoms with Crippen molar-refractivity contribution in [2.45, 2.75) is 26.3 Å². The molecule has 0 radical (unpaired) electrons. The van der Waals surface area contributed by atoms with Crippen LogP contribution >= 0.6 is 0 Å². The van der Waals surface area contributed by atoms with Crippen molar-refractivity contribution in [3.63, 3.8) is 0 Å². The van der Waals surface area contributed by atoms with Crippen molar-refractivity contribution in [1.82, 2.24) is 19.9 Å². The summed E-state index contributed by atoms with van der Waals surface area (Å²) in [6.45, 7) is 3.54. The van der Waals surface area contributed by atoms with E-state index in [1.165, 1.54) is 6.92 Å². The molecule has 0 bridgehead atoms. The number of nitrogens with one attached hydrogen (secondary N) is 2. The van der Waals surface area contributed by atoms with Gasteiger partial charge in [0.05, 0.1) is 28.9 Å². The zero-order valence-electron chi connectivity index (χ0n) is 18.7. The van der Waals surface area contributed by atoms with E-state index in [-0.39, 0.29) is 11.7 Å². The first-order valence-corrected chi connectivity index (χ1v) is 10.8. The molecular formula is C26H24N4O3. The van der Waals surface area contributed by atoms with E-state index in [0.717, 1.165) is 38.9 Å². The fraction of sp³-hybridized carbons (Fsp3) is 0.192.